The summed E-state index contributed by atoms with van der Waals surface area (Å²) in [6, 6.07) is 5.15. The van der Waals surface area contributed by atoms with Crippen molar-refractivity contribution in [1.82, 2.24) is 20.4 Å². The Bertz CT molecular complexity index is 912. The zero-order valence-electron chi connectivity index (χ0n) is 13.3. The Morgan fingerprint density at radius 3 is 2.40 bits per heavy atom. The van der Waals surface area contributed by atoms with Crippen LogP contribution < -0.4 is 0 Å². The Labute approximate surface area is 145 Å². The number of pyridine rings is 1. The van der Waals surface area contributed by atoms with E-state index in [2.05, 4.69) is 20.4 Å². The molecule has 0 fully saturated rings. The lowest BCUT2D eigenvalue weighted by Crippen LogP contribution is -2.35. The highest BCUT2D eigenvalue weighted by atomic mass is 35.5. The predicted molar refractivity (Wildman–Crippen MR) is 86.0 cm³/mol. The normalized spacial score (nSPS) is 14.9. The number of aromatic nitrogens is 4. The van der Waals surface area contributed by atoms with E-state index in [-0.39, 0.29) is 28.2 Å². The van der Waals surface area contributed by atoms with Crippen molar-refractivity contribution >= 4 is 22.5 Å². The summed E-state index contributed by atoms with van der Waals surface area (Å²) in [7, 11) is 0. The first-order valence-electron chi connectivity index (χ1n) is 7.41. The number of aromatic amines is 1. The molecule has 3 rings (SSSR count). The van der Waals surface area contributed by atoms with E-state index in [4.69, 9.17) is 11.6 Å². The van der Waals surface area contributed by atoms with Gasteiger partial charge in [-0.2, -0.15) is 28.6 Å². The lowest BCUT2D eigenvalue weighted by molar-refractivity contribution is -0.136. The van der Waals surface area contributed by atoms with E-state index in [1.807, 2.05) is 0 Å². The molecule has 9 heteroatoms. The number of hydrogen-bond acceptors (Lipinski definition) is 4. The lowest BCUT2D eigenvalue weighted by Gasteiger charge is -2.29. The number of benzene rings is 1. The highest BCUT2D eigenvalue weighted by Crippen LogP contribution is 2.41. The van der Waals surface area contributed by atoms with E-state index in [9.17, 15) is 18.3 Å². The molecule has 0 aliphatic rings. The molecule has 3 aromatic rings. The Kier molecular flexibility index (Phi) is 4.20. The van der Waals surface area contributed by atoms with E-state index in [1.165, 1.54) is 24.4 Å². The van der Waals surface area contributed by atoms with Gasteiger partial charge in [0.25, 0.3) is 0 Å². The Morgan fingerprint density at radius 1 is 1.12 bits per heavy atom. The second-order valence-electron chi connectivity index (χ2n) is 5.96. The molecule has 0 spiro atoms. The fraction of sp³-hybridized carbons (Fsp3) is 0.312. The van der Waals surface area contributed by atoms with Crippen LogP contribution in [0, 0.1) is 5.92 Å². The van der Waals surface area contributed by atoms with Gasteiger partial charge in [0, 0.05) is 5.39 Å². The third kappa shape index (κ3) is 2.85. The van der Waals surface area contributed by atoms with Gasteiger partial charge < -0.3 is 5.11 Å². The molecule has 25 heavy (non-hydrogen) atoms. The van der Waals surface area contributed by atoms with Crippen LogP contribution in [0.4, 0.5) is 13.2 Å². The minimum absolute atomic E-state index is 0.0804. The van der Waals surface area contributed by atoms with Crippen LogP contribution in [-0.2, 0) is 11.8 Å². The van der Waals surface area contributed by atoms with Crippen LogP contribution in [0.15, 0.2) is 30.5 Å². The van der Waals surface area contributed by atoms with Gasteiger partial charge in [-0.1, -0.05) is 31.5 Å². The van der Waals surface area contributed by atoms with Crippen molar-refractivity contribution in [2.75, 3.05) is 0 Å². The predicted octanol–water partition coefficient (Wildman–Crippen LogP) is 3.92. The quantitative estimate of drug-likeness (QED) is 0.732. The Morgan fingerprint density at radius 2 is 1.84 bits per heavy atom. The molecule has 0 amide bonds. The number of aliphatic hydroxyl groups is 1. The maximum Gasteiger partial charge on any atom is 0.418 e. The van der Waals surface area contributed by atoms with Crippen LogP contribution in [0.25, 0.3) is 10.9 Å². The number of alkyl halides is 3. The van der Waals surface area contributed by atoms with Gasteiger partial charge in [-0.15, -0.1) is 0 Å². The fourth-order valence-corrected chi connectivity index (χ4v) is 3.06. The monoisotopic (exact) mass is 370 g/mol. The summed E-state index contributed by atoms with van der Waals surface area (Å²) < 4.78 is 39.8. The zero-order chi connectivity index (χ0) is 18.4. The summed E-state index contributed by atoms with van der Waals surface area (Å²) in [6.45, 7) is 3.51. The van der Waals surface area contributed by atoms with Crippen LogP contribution >= 0.6 is 11.6 Å². The van der Waals surface area contributed by atoms with Crippen molar-refractivity contribution in [3.63, 3.8) is 0 Å². The molecule has 0 aliphatic heterocycles. The van der Waals surface area contributed by atoms with Gasteiger partial charge in [0.2, 0.25) is 0 Å². The second-order valence-corrected chi connectivity index (χ2v) is 6.37. The number of hydrogen-bond donors (Lipinski definition) is 2. The minimum atomic E-state index is -4.61. The summed E-state index contributed by atoms with van der Waals surface area (Å²) in [6.07, 6.45) is -3.25. The molecular formula is C16H14ClF3N4O. The molecule has 1 unspecified atom stereocenters. The first kappa shape index (κ1) is 17.6. The lowest BCUT2D eigenvalue weighted by atomic mass is 9.83. The molecule has 0 bridgehead atoms. The molecule has 5 nitrogen and oxygen atoms in total. The Balaban J connectivity index is 2.25. The molecule has 1 atom stereocenters. The van der Waals surface area contributed by atoms with E-state index in [0.29, 0.717) is 0 Å². The number of fused-ring (bicyclic) bond motifs is 1. The highest BCUT2D eigenvalue weighted by molar-refractivity contribution is 6.32. The van der Waals surface area contributed by atoms with Crippen molar-refractivity contribution in [2.24, 2.45) is 5.92 Å². The first-order chi connectivity index (χ1) is 11.7. The van der Waals surface area contributed by atoms with Crippen molar-refractivity contribution in [3.05, 3.63) is 52.4 Å². The maximum atomic E-state index is 13.3. The van der Waals surface area contributed by atoms with E-state index in [1.54, 1.807) is 13.8 Å². The zero-order valence-corrected chi connectivity index (χ0v) is 14.0. The summed E-state index contributed by atoms with van der Waals surface area (Å²) in [5.74, 6) is -0.350. The smallest absolute Gasteiger partial charge is 0.377 e. The van der Waals surface area contributed by atoms with Gasteiger partial charge in [0.1, 0.15) is 5.69 Å². The number of nitrogens with one attached hydrogen (secondary N) is 1. The van der Waals surface area contributed by atoms with E-state index in [0.717, 1.165) is 6.07 Å². The maximum absolute atomic E-state index is 13.3. The number of nitrogens with zero attached hydrogens (tertiary/aromatic N) is 3. The molecule has 0 radical (unpaired) electrons. The van der Waals surface area contributed by atoms with Gasteiger partial charge in [-0.05, 0) is 24.1 Å². The van der Waals surface area contributed by atoms with Crippen molar-refractivity contribution < 1.29 is 18.3 Å². The molecule has 2 N–H and O–H groups in total. The number of rotatable bonds is 3. The van der Waals surface area contributed by atoms with Crippen molar-refractivity contribution in [3.8, 4) is 0 Å². The van der Waals surface area contributed by atoms with Crippen molar-refractivity contribution in [1.29, 1.82) is 0 Å². The van der Waals surface area contributed by atoms with Gasteiger partial charge in [-0.25, -0.2) is 4.98 Å². The SMILES string of the molecule is CC(C)C(O)(c1cn[nH]n1)c1ccc2c(C(F)(F)F)c(Cl)ccc2n1. The van der Waals surface area contributed by atoms with E-state index < -0.39 is 22.4 Å². The molecule has 0 saturated carbocycles. The highest BCUT2D eigenvalue weighted by Gasteiger charge is 2.40. The summed E-state index contributed by atoms with van der Waals surface area (Å²) in [5, 5.41) is 20.6. The van der Waals surface area contributed by atoms with Gasteiger partial charge in [0.15, 0.2) is 5.60 Å². The topological polar surface area (TPSA) is 74.7 Å². The standard InChI is InChI=1S/C16H14ClF3N4O/c1-8(2)15(25,13-7-21-24-23-13)12-6-3-9-11(22-12)5-4-10(17)14(9)16(18,19)20/h3-8,25H,1-2H3,(H,21,23,24). The summed E-state index contributed by atoms with van der Waals surface area (Å²) in [4.78, 5) is 4.25. The minimum Gasteiger partial charge on any atom is -0.377 e. The average Bonchev–Trinajstić information content (AvgIpc) is 3.06. The molecule has 132 valence electrons. The largest absolute Gasteiger partial charge is 0.418 e. The number of H-pyrrole nitrogens is 1. The second kappa shape index (κ2) is 5.96. The van der Waals surface area contributed by atoms with Crippen LogP contribution in [-0.4, -0.2) is 25.5 Å². The van der Waals surface area contributed by atoms with Gasteiger partial charge in [-0.3, -0.25) is 0 Å². The van der Waals surface area contributed by atoms with Crippen LogP contribution in [0.1, 0.15) is 30.8 Å². The van der Waals surface area contributed by atoms with Crippen molar-refractivity contribution in [2.45, 2.75) is 25.6 Å². The molecule has 0 saturated heterocycles. The average molecular weight is 371 g/mol. The van der Waals surface area contributed by atoms with Gasteiger partial charge in [0.05, 0.1) is 28.0 Å². The number of halogens is 4. The van der Waals surface area contributed by atoms with E-state index >= 15 is 0 Å². The molecule has 0 aliphatic carbocycles. The summed E-state index contributed by atoms with van der Waals surface area (Å²) in [5.41, 5.74) is -2.05. The molecule has 2 aromatic heterocycles. The first-order valence-corrected chi connectivity index (χ1v) is 7.79. The van der Waals surface area contributed by atoms with Crippen LogP contribution in [0.3, 0.4) is 0 Å². The molecule has 1 aromatic carbocycles. The molecule has 2 heterocycles. The Hall–Kier alpha value is -2.19. The van der Waals surface area contributed by atoms with Gasteiger partial charge >= 0.3 is 6.18 Å². The fourth-order valence-electron chi connectivity index (χ4n) is 2.79. The van der Waals surface area contributed by atoms with Crippen LogP contribution in [0.5, 0.6) is 0 Å². The molecular weight excluding hydrogens is 357 g/mol. The summed E-state index contributed by atoms with van der Waals surface area (Å²) >= 11 is 5.73. The third-order valence-electron chi connectivity index (χ3n) is 4.14. The third-order valence-corrected chi connectivity index (χ3v) is 4.45. The van der Waals surface area contributed by atoms with Crippen LogP contribution in [0.2, 0.25) is 5.02 Å².